The molecule has 9 heteroatoms. The molecule has 1 atom stereocenters. The number of carbonyl (C=O) groups excluding carboxylic acids is 2. The van der Waals surface area contributed by atoms with E-state index >= 15 is 0 Å². The van der Waals surface area contributed by atoms with Gasteiger partial charge in [-0.1, -0.05) is 0 Å². The number of aromatic nitrogens is 2. The van der Waals surface area contributed by atoms with E-state index in [0.717, 1.165) is 0 Å². The Labute approximate surface area is 171 Å². The molecule has 1 aliphatic rings. The first-order chi connectivity index (χ1) is 14.5. The Balaban J connectivity index is 1.52. The van der Waals surface area contributed by atoms with E-state index < -0.39 is 5.92 Å². The van der Waals surface area contributed by atoms with Gasteiger partial charge in [-0.3, -0.25) is 14.4 Å². The third-order valence-corrected chi connectivity index (χ3v) is 5.08. The van der Waals surface area contributed by atoms with E-state index in [2.05, 4.69) is 15.3 Å². The minimum absolute atomic E-state index is 0.0801. The summed E-state index contributed by atoms with van der Waals surface area (Å²) < 4.78 is 10.6. The summed E-state index contributed by atoms with van der Waals surface area (Å²) in [6.45, 7) is 0.225. The molecule has 2 heterocycles. The average Bonchev–Trinajstić information content (AvgIpc) is 3.15. The highest BCUT2D eigenvalue weighted by Gasteiger charge is 2.36. The van der Waals surface area contributed by atoms with Gasteiger partial charge < -0.3 is 24.7 Å². The van der Waals surface area contributed by atoms with Crippen LogP contribution < -0.4 is 25.2 Å². The molecule has 3 aromatic rings. The van der Waals surface area contributed by atoms with Crippen molar-refractivity contribution >= 4 is 34.1 Å². The van der Waals surface area contributed by atoms with Gasteiger partial charge in [0.1, 0.15) is 11.5 Å². The lowest BCUT2D eigenvalue weighted by molar-refractivity contribution is -0.122. The van der Waals surface area contributed by atoms with E-state index in [-0.39, 0.29) is 30.3 Å². The minimum atomic E-state index is -0.535. The van der Waals surface area contributed by atoms with Gasteiger partial charge in [-0.05, 0) is 30.3 Å². The van der Waals surface area contributed by atoms with Gasteiger partial charge in [-0.15, -0.1) is 0 Å². The molecule has 9 nitrogen and oxygen atoms in total. The molecule has 1 saturated heterocycles. The number of nitrogens with one attached hydrogen (secondary N) is 2. The Hall–Kier alpha value is -3.88. The zero-order chi connectivity index (χ0) is 21.3. The van der Waals surface area contributed by atoms with Gasteiger partial charge in [0.15, 0.2) is 0 Å². The molecule has 0 saturated carbocycles. The van der Waals surface area contributed by atoms with Crippen molar-refractivity contribution in [2.45, 2.75) is 6.42 Å². The van der Waals surface area contributed by atoms with E-state index in [1.54, 1.807) is 43.5 Å². The molecule has 154 valence electrons. The molecule has 0 bridgehead atoms. The summed E-state index contributed by atoms with van der Waals surface area (Å²) in [4.78, 5) is 45.4. The minimum Gasteiger partial charge on any atom is -0.497 e. The Kier molecular flexibility index (Phi) is 5.09. The van der Waals surface area contributed by atoms with Gasteiger partial charge in [-0.2, -0.15) is 0 Å². The molecule has 1 fully saturated rings. The Morgan fingerprint density at radius 3 is 2.77 bits per heavy atom. The van der Waals surface area contributed by atoms with Gasteiger partial charge >= 0.3 is 0 Å². The lowest BCUT2D eigenvalue weighted by atomic mass is 10.1. The third-order valence-electron chi connectivity index (χ3n) is 5.08. The number of anilines is 2. The largest absolute Gasteiger partial charge is 0.497 e. The molecular formula is C21H20N4O5. The second kappa shape index (κ2) is 7.86. The molecule has 1 aromatic heterocycles. The number of aromatic amines is 1. The first kappa shape index (κ1) is 19.4. The Morgan fingerprint density at radius 2 is 2.00 bits per heavy atom. The van der Waals surface area contributed by atoms with E-state index in [1.165, 1.54) is 18.3 Å². The van der Waals surface area contributed by atoms with Crippen molar-refractivity contribution < 1.29 is 19.1 Å². The van der Waals surface area contributed by atoms with Crippen molar-refractivity contribution in [2.75, 3.05) is 31.0 Å². The van der Waals surface area contributed by atoms with Crippen molar-refractivity contribution in [3.63, 3.8) is 0 Å². The number of amides is 2. The number of ether oxygens (including phenoxy) is 2. The van der Waals surface area contributed by atoms with Gasteiger partial charge in [0.2, 0.25) is 11.8 Å². The fourth-order valence-electron chi connectivity index (χ4n) is 3.51. The number of H-pyrrole nitrogens is 1. The summed E-state index contributed by atoms with van der Waals surface area (Å²) in [6, 6.07) is 10.1. The number of benzene rings is 2. The Bertz CT molecular complexity index is 1190. The zero-order valence-corrected chi connectivity index (χ0v) is 16.5. The van der Waals surface area contributed by atoms with Crippen molar-refractivity contribution in [3.8, 4) is 11.5 Å². The number of rotatable bonds is 5. The van der Waals surface area contributed by atoms with Crippen molar-refractivity contribution in [3.05, 3.63) is 53.1 Å². The highest BCUT2D eigenvalue weighted by atomic mass is 16.5. The molecule has 0 aliphatic carbocycles. The maximum absolute atomic E-state index is 12.8. The van der Waals surface area contributed by atoms with Crippen LogP contribution in [0.15, 0.2) is 47.5 Å². The number of fused-ring (bicyclic) bond motifs is 1. The second-order valence-corrected chi connectivity index (χ2v) is 6.90. The Morgan fingerprint density at radius 1 is 1.17 bits per heavy atom. The summed E-state index contributed by atoms with van der Waals surface area (Å²) in [5.74, 6) is 0.102. The van der Waals surface area contributed by atoms with Gasteiger partial charge in [0.25, 0.3) is 5.56 Å². The van der Waals surface area contributed by atoms with Crippen LogP contribution in [0.3, 0.4) is 0 Å². The van der Waals surface area contributed by atoms with E-state index in [9.17, 15) is 14.4 Å². The van der Waals surface area contributed by atoms with Crippen LogP contribution in [-0.4, -0.2) is 42.5 Å². The predicted molar refractivity (Wildman–Crippen MR) is 111 cm³/mol. The van der Waals surface area contributed by atoms with Crippen molar-refractivity contribution in [1.29, 1.82) is 0 Å². The lowest BCUT2D eigenvalue weighted by Crippen LogP contribution is -2.28. The summed E-state index contributed by atoms with van der Waals surface area (Å²) in [6.07, 6.45) is 1.41. The summed E-state index contributed by atoms with van der Waals surface area (Å²) in [7, 11) is 3.06. The molecule has 0 spiro atoms. The summed E-state index contributed by atoms with van der Waals surface area (Å²) in [5.41, 5.74) is 1.30. The fourth-order valence-corrected chi connectivity index (χ4v) is 3.51. The van der Waals surface area contributed by atoms with Crippen LogP contribution in [-0.2, 0) is 9.59 Å². The number of hydrogen-bond donors (Lipinski definition) is 2. The van der Waals surface area contributed by atoms with Crippen molar-refractivity contribution in [1.82, 2.24) is 9.97 Å². The topological polar surface area (TPSA) is 114 Å². The van der Waals surface area contributed by atoms with Gasteiger partial charge in [0.05, 0.1) is 43.1 Å². The number of nitrogens with zero attached hydrogens (tertiary/aromatic N) is 2. The molecule has 30 heavy (non-hydrogen) atoms. The SMILES string of the molecule is COc1ccc(N2C[C@@H](C(=O)Nc3ccc4nc[nH]c(=O)c4c3)CC2=O)c(OC)c1. The highest BCUT2D eigenvalue weighted by Crippen LogP contribution is 2.36. The van der Waals surface area contributed by atoms with E-state index in [1.807, 2.05) is 0 Å². The molecule has 1 aliphatic heterocycles. The number of methoxy groups -OCH3 is 2. The first-order valence-corrected chi connectivity index (χ1v) is 9.31. The lowest BCUT2D eigenvalue weighted by Gasteiger charge is -2.20. The quantitative estimate of drug-likeness (QED) is 0.667. The summed E-state index contributed by atoms with van der Waals surface area (Å²) >= 11 is 0. The zero-order valence-electron chi connectivity index (χ0n) is 16.5. The smallest absolute Gasteiger partial charge is 0.258 e. The molecular weight excluding hydrogens is 388 g/mol. The van der Waals surface area contributed by atoms with Crippen LogP contribution in [0.25, 0.3) is 10.9 Å². The molecule has 2 amide bonds. The van der Waals surface area contributed by atoms with E-state index in [0.29, 0.717) is 33.8 Å². The maximum Gasteiger partial charge on any atom is 0.258 e. The van der Waals surface area contributed by atoms with Gasteiger partial charge in [-0.25, -0.2) is 4.98 Å². The third kappa shape index (κ3) is 3.57. The molecule has 2 aromatic carbocycles. The fraction of sp³-hybridized carbons (Fsp3) is 0.238. The van der Waals surface area contributed by atoms with Crippen LogP contribution in [0.4, 0.5) is 11.4 Å². The number of carbonyl (C=O) groups is 2. The second-order valence-electron chi connectivity index (χ2n) is 6.90. The van der Waals surface area contributed by atoms with Gasteiger partial charge in [0, 0.05) is 24.7 Å². The monoisotopic (exact) mass is 408 g/mol. The van der Waals surface area contributed by atoms with Crippen LogP contribution in [0, 0.1) is 5.92 Å². The van der Waals surface area contributed by atoms with Crippen LogP contribution >= 0.6 is 0 Å². The molecule has 2 N–H and O–H groups in total. The standard InChI is InChI=1S/C21H20N4O5/c1-29-14-4-6-17(18(9-14)30-2)25-10-12(7-19(25)26)20(27)24-13-3-5-16-15(8-13)21(28)23-11-22-16/h3-6,8-9,11-12H,7,10H2,1-2H3,(H,24,27)(H,22,23,28)/t12-/m0/s1. The predicted octanol–water partition coefficient (Wildman–Crippen LogP) is 1.93. The normalized spacial score (nSPS) is 16.0. The highest BCUT2D eigenvalue weighted by molar-refractivity contribution is 6.04. The number of hydrogen-bond acceptors (Lipinski definition) is 6. The first-order valence-electron chi connectivity index (χ1n) is 9.31. The molecule has 0 unspecified atom stereocenters. The molecule has 0 radical (unpaired) electrons. The van der Waals surface area contributed by atoms with Crippen molar-refractivity contribution in [2.24, 2.45) is 5.92 Å². The van der Waals surface area contributed by atoms with Crippen LogP contribution in [0.2, 0.25) is 0 Å². The van der Waals surface area contributed by atoms with Crippen LogP contribution in [0.5, 0.6) is 11.5 Å². The average molecular weight is 408 g/mol. The maximum atomic E-state index is 12.8. The summed E-state index contributed by atoms with van der Waals surface area (Å²) in [5, 5.41) is 3.17. The molecule has 4 rings (SSSR count). The van der Waals surface area contributed by atoms with Crippen LogP contribution in [0.1, 0.15) is 6.42 Å². The van der Waals surface area contributed by atoms with E-state index in [4.69, 9.17) is 9.47 Å².